The fourth-order valence-corrected chi connectivity index (χ4v) is 4.32. The van der Waals surface area contributed by atoms with E-state index in [1.165, 1.54) is 11.1 Å². The zero-order chi connectivity index (χ0) is 21.6. The van der Waals surface area contributed by atoms with Crippen molar-refractivity contribution in [3.05, 3.63) is 76.6 Å². The SMILES string of the molecule is CCc1ccc(CN2C[C@H](n3cnnn3)C[C@H]2C(=O)NCCc2cccc(Cl)c2)cc1. The van der Waals surface area contributed by atoms with Gasteiger partial charge in [0.2, 0.25) is 5.91 Å². The molecule has 0 unspecified atom stereocenters. The van der Waals surface area contributed by atoms with E-state index in [-0.39, 0.29) is 18.0 Å². The van der Waals surface area contributed by atoms with Gasteiger partial charge in [-0.25, -0.2) is 4.68 Å². The number of aryl methyl sites for hydroxylation is 1. The van der Waals surface area contributed by atoms with Crippen LogP contribution in [0.3, 0.4) is 0 Å². The molecule has 1 fully saturated rings. The Morgan fingerprint density at radius 3 is 2.68 bits per heavy atom. The zero-order valence-electron chi connectivity index (χ0n) is 17.6. The number of aromatic nitrogens is 4. The lowest BCUT2D eigenvalue weighted by Gasteiger charge is -2.23. The number of likely N-dealkylation sites (tertiary alicyclic amines) is 1. The highest BCUT2D eigenvalue weighted by atomic mass is 35.5. The Morgan fingerprint density at radius 1 is 1.16 bits per heavy atom. The summed E-state index contributed by atoms with van der Waals surface area (Å²) in [6.45, 7) is 4.17. The summed E-state index contributed by atoms with van der Waals surface area (Å²) >= 11 is 6.06. The van der Waals surface area contributed by atoms with Crippen LogP contribution in [-0.4, -0.2) is 50.1 Å². The molecule has 1 aliphatic heterocycles. The molecule has 7 nitrogen and oxygen atoms in total. The van der Waals surface area contributed by atoms with Crippen LogP contribution in [0.5, 0.6) is 0 Å². The second-order valence-electron chi connectivity index (χ2n) is 7.97. The Kier molecular flexibility index (Phi) is 6.94. The Labute approximate surface area is 187 Å². The third kappa shape index (κ3) is 5.48. The molecule has 0 radical (unpaired) electrons. The van der Waals surface area contributed by atoms with E-state index in [1.54, 1.807) is 11.0 Å². The van der Waals surface area contributed by atoms with Crippen molar-refractivity contribution in [3.8, 4) is 0 Å². The summed E-state index contributed by atoms with van der Waals surface area (Å²) < 4.78 is 1.76. The minimum Gasteiger partial charge on any atom is -0.354 e. The molecule has 162 valence electrons. The van der Waals surface area contributed by atoms with Crippen molar-refractivity contribution >= 4 is 17.5 Å². The molecule has 31 heavy (non-hydrogen) atoms. The van der Waals surface area contributed by atoms with E-state index in [4.69, 9.17) is 11.6 Å². The van der Waals surface area contributed by atoms with Crippen molar-refractivity contribution in [3.63, 3.8) is 0 Å². The van der Waals surface area contributed by atoms with Gasteiger partial charge in [0, 0.05) is 24.7 Å². The standard InChI is InChI=1S/C23H27ClN6O/c1-2-17-6-8-19(9-7-17)14-29-15-21(30-16-26-27-28-30)13-22(29)23(31)25-11-10-18-4-3-5-20(24)12-18/h3-9,12,16,21-22H,2,10-11,13-15H2,1H3,(H,25,31)/t21-,22+/m1/s1. The zero-order valence-corrected chi connectivity index (χ0v) is 18.4. The van der Waals surface area contributed by atoms with Gasteiger partial charge < -0.3 is 5.32 Å². The summed E-state index contributed by atoms with van der Waals surface area (Å²) in [6.07, 6.45) is 4.07. The van der Waals surface area contributed by atoms with Crippen LogP contribution in [-0.2, 0) is 24.2 Å². The average molecular weight is 439 g/mol. The maximum absolute atomic E-state index is 13.1. The molecule has 3 aromatic rings. The van der Waals surface area contributed by atoms with Gasteiger partial charge in [0.1, 0.15) is 6.33 Å². The van der Waals surface area contributed by atoms with Gasteiger partial charge in [0.15, 0.2) is 0 Å². The summed E-state index contributed by atoms with van der Waals surface area (Å²) in [5, 5.41) is 15.4. The van der Waals surface area contributed by atoms with E-state index >= 15 is 0 Å². The highest BCUT2D eigenvalue weighted by molar-refractivity contribution is 6.30. The number of tetrazole rings is 1. The first-order chi connectivity index (χ1) is 15.1. The molecule has 0 saturated carbocycles. The number of benzene rings is 2. The summed E-state index contributed by atoms with van der Waals surface area (Å²) in [6, 6.07) is 16.2. The Hall–Kier alpha value is -2.77. The normalized spacial score (nSPS) is 18.9. The number of hydrogen-bond donors (Lipinski definition) is 1. The van der Waals surface area contributed by atoms with Crippen LogP contribution in [0.25, 0.3) is 0 Å². The molecular formula is C23H27ClN6O. The predicted octanol–water partition coefficient (Wildman–Crippen LogP) is 3.06. The highest BCUT2D eigenvalue weighted by Crippen LogP contribution is 2.28. The van der Waals surface area contributed by atoms with Gasteiger partial charge in [-0.2, -0.15) is 0 Å². The third-order valence-corrected chi connectivity index (χ3v) is 6.08. The molecular weight excluding hydrogens is 412 g/mol. The molecule has 1 aliphatic rings. The number of carbonyl (C=O) groups is 1. The summed E-state index contributed by atoms with van der Waals surface area (Å²) in [4.78, 5) is 15.3. The van der Waals surface area contributed by atoms with Crippen LogP contribution in [0.2, 0.25) is 5.02 Å². The second kappa shape index (κ2) is 10.0. The number of amides is 1. The van der Waals surface area contributed by atoms with Crippen LogP contribution in [0.1, 0.15) is 36.1 Å². The third-order valence-electron chi connectivity index (χ3n) is 5.84. The predicted molar refractivity (Wildman–Crippen MR) is 120 cm³/mol. The first-order valence-electron chi connectivity index (χ1n) is 10.7. The number of carbonyl (C=O) groups excluding carboxylic acids is 1. The van der Waals surface area contributed by atoms with E-state index in [0.717, 1.165) is 31.5 Å². The summed E-state index contributed by atoms with van der Waals surface area (Å²) in [5.41, 5.74) is 3.62. The Balaban J connectivity index is 1.41. The molecule has 4 rings (SSSR count). The number of nitrogens with one attached hydrogen (secondary N) is 1. The summed E-state index contributed by atoms with van der Waals surface area (Å²) in [7, 11) is 0. The van der Waals surface area contributed by atoms with Crippen molar-refractivity contribution in [1.82, 2.24) is 30.4 Å². The number of nitrogens with zero attached hydrogens (tertiary/aromatic N) is 5. The molecule has 2 aromatic carbocycles. The largest absolute Gasteiger partial charge is 0.354 e. The van der Waals surface area contributed by atoms with Crippen molar-refractivity contribution in [2.45, 2.75) is 44.8 Å². The van der Waals surface area contributed by atoms with Crippen LogP contribution in [0, 0.1) is 0 Å². The van der Waals surface area contributed by atoms with E-state index in [0.29, 0.717) is 18.0 Å². The quantitative estimate of drug-likeness (QED) is 0.585. The molecule has 0 spiro atoms. The van der Waals surface area contributed by atoms with Crippen molar-refractivity contribution in [2.75, 3.05) is 13.1 Å². The van der Waals surface area contributed by atoms with Gasteiger partial charge in [-0.3, -0.25) is 9.69 Å². The highest BCUT2D eigenvalue weighted by Gasteiger charge is 2.38. The van der Waals surface area contributed by atoms with Gasteiger partial charge in [-0.15, -0.1) is 5.10 Å². The molecule has 1 saturated heterocycles. The lowest BCUT2D eigenvalue weighted by molar-refractivity contribution is -0.125. The van der Waals surface area contributed by atoms with Crippen LogP contribution in [0.15, 0.2) is 54.9 Å². The number of hydrogen-bond acceptors (Lipinski definition) is 5. The average Bonchev–Trinajstić information content (AvgIpc) is 3.44. The topological polar surface area (TPSA) is 75.9 Å². The first-order valence-corrected chi connectivity index (χ1v) is 11.1. The Bertz CT molecular complexity index is 992. The smallest absolute Gasteiger partial charge is 0.237 e. The van der Waals surface area contributed by atoms with Gasteiger partial charge in [0.25, 0.3) is 0 Å². The van der Waals surface area contributed by atoms with Gasteiger partial charge in [-0.1, -0.05) is 54.9 Å². The molecule has 2 atom stereocenters. The van der Waals surface area contributed by atoms with Crippen LogP contribution < -0.4 is 5.32 Å². The summed E-state index contributed by atoms with van der Waals surface area (Å²) in [5.74, 6) is 0.0442. The molecule has 0 aliphatic carbocycles. The lowest BCUT2D eigenvalue weighted by atomic mass is 10.1. The molecule has 1 amide bonds. The van der Waals surface area contributed by atoms with Crippen molar-refractivity contribution < 1.29 is 4.79 Å². The molecule has 8 heteroatoms. The van der Waals surface area contributed by atoms with Gasteiger partial charge in [-0.05, 0) is 58.5 Å². The van der Waals surface area contributed by atoms with Crippen molar-refractivity contribution in [2.24, 2.45) is 0 Å². The monoisotopic (exact) mass is 438 g/mol. The first kappa shape index (κ1) is 21.5. The van der Waals surface area contributed by atoms with Gasteiger partial charge >= 0.3 is 0 Å². The number of rotatable bonds is 8. The fourth-order valence-electron chi connectivity index (χ4n) is 4.11. The maximum Gasteiger partial charge on any atom is 0.237 e. The molecule has 1 N–H and O–H groups in total. The number of halogens is 1. The minimum absolute atomic E-state index is 0.0442. The second-order valence-corrected chi connectivity index (χ2v) is 8.40. The van der Waals surface area contributed by atoms with Crippen LogP contribution >= 0.6 is 11.6 Å². The molecule has 0 bridgehead atoms. The van der Waals surface area contributed by atoms with Gasteiger partial charge in [0.05, 0.1) is 12.1 Å². The molecule has 1 aromatic heterocycles. The minimum atomic E-state index is -0.223. The molecule has 2 heterocycles. The van der Waals surface area contributed by atoms with E-state index in [9.17, 15) is 4.79 Å². The van der Waals surface area contributed by atoms with E-state index < -0.39 is 0 Å². The van der Waals surface area contributed by atoms with E-state index in [1.807, 2.05) is 24.3 Å². The lowest BCUT2D eigenvalue weighted by Crippen LogP contribution is -2.43. The maximum atomic E-state index is 13.1. The van der Waals surface area contributed by atoms with E-state index in [2.05, 4.69) is 56.9 Å². The van der Waals surface area contributed by atoms with Crippen LogP contribution in [0.4, 0.5) is 0 Å². The fraction of sp³-hybridized carbons (Fsp3) is 0.391. The Morgan fingerprint density at radius 2 is 1.97 bits per heavy atom. The van der Waals surface area contributed by atoms with Crippen molar-refractivity contribution in [1.29, 1.82) is 0 Å².